The molecule has 0 radical (unpaired) electrons. The Bertz CT molecular complexity index is 545. The zero-order valence-electron chi connectivity index (χ0n) is 11.6. The molecule has 0 heterocycles. The van der Waals surface area contributed by atoms with E-state index in [-0.39, 0.29) is 12.3 Å². The fraction of sp³-hybridized carbons (Fsp3) is 0.375. The summed E-state index contributed by atoms with van der Waals surface area (Å²) in [7, 11) is 0. The van der Waals surface area contributed by atoms with Crippen LogP contribution >= 0.6 is 15.9 Å². The maximum Gasteiger partial charge on any atom is 0.305 e. The Hall–Kier alpha value is -1.62. The van der Waals surface area contributed by atoms with E-state index < -0.39 is 11.5 Å². The number of carboxylic acids is 1. The molecule has 21 heavy (non-hydrogen) atoms. The van der Waals surface area contributed by atoms with E-state index in [2.05, 4.69) is 21.2 Å². The van der Waals surface area contributed by atoms with Gasteiger partial charge in [-0.1, -0.05) is 40.9 Å². The lowest BCUT2D eigenvalue weighted by Crippen LogP contribution is -2.47. The minimum Gasteiger partial charge on any atom is -0.481 e. The highest BCUT2D eigenvalue weighted by Gasteiger charge is 2.36. The second-order valence-electron chi connectivity index (χ2n) is 5.43. The van der Waals surface area contributed by atoms with Crippen molar-refractivity contribution < 1.29 is 14.7 Å². The molecule has 0 aromatic heterocycles. The molecular weight excluding hydrogens is 334 g/mol. The van der Waals surface area contributed by atoms with Gasteiger partial charge in [0.15, 0.2) is 0 Å². The zero-order valence-corrected chi connectivity index (χ0v) is 13.2. The Morgan fingerprint density at radius 1 is 1.24 bits per heavy atom. The largest absolute Gasteiger partial charge is 0.481 e. The number of aliphatic carboxylic acids is 1. The molecule has 0 spiro atoms. The van der Waals surface area contributed by atoms with E-state index in [1.54, 1.807) is 6.08 Å². The molecule has 1 aliphatic carbocycles. The SMILES string of the molecule is O=C(O)CC1(NC(=O)C=Cc2ccc(Br)cc2)CCCC1. The quantitative estimate of drug-likeness (QED) is 0.799. The summed E-state index contributed by atoms with van der Waals surface area (Å²) in [4.78, 5) is 23.0. The molecule has 112 valence electrons. The summed E-state index contributed by atoms with van der Waals surface area (Å²) in [5.41, 5.74) is 0.347. The van der Waals surface area contributed by atoms with Gasteiger partial charge in [-0.25, -0.2) is 0 Å². The zero-order chi connectivity index (χ0) is 15.3. The summed E-state index contributed by atoms with van der Waals surface area (Å²) in [5, 5.41) is 11.9. The summed E-state index contributed by atoms with van der Waals surface area (Å²) in [6, 6.07) is 7.60. The van der Waals surface area contributed by atoms with Gasteiger partial charge in [0.05, 0.1) is 12.0 Å². The van der Waals surface area contributed by atoms with Crippen LogP contribution in [0, 0.1) is 0 Å². The average molecular weight is 352 g/mol. The fourth-order valence-corrected chi connectivity index (χ4v) is 3.00. The summed E-state index contributed by atoms with van der Waals surface area (Å²) in [6.07, 6.45) is 6.57. The number of hydrogen-bond acceptors (Lipinski definition) is 2. The molecule has 0 aliphatic heterocycles. The number of nitrogens with one attached hydrogen (secondary N) is 1. The summed E-state index contributed by atoms with van der Waals surface area (Å²) in [5.74, 6) is -1.10. The molecule has 0 bridgehead atoms. The Kier molecular flexibility index (Phi) is 5.17. The summed E-state index contributed by atoms with van der Waals surface area (Å²) in [6.45, 7) is 0. The Labute approximate surface area is 132 Å². The van der Waals surface area contributed by atoms with Gasteiger partial charge in [-0.3, -0.25) is 9.59 Å². The number of carbonyl (C=O) groups excluding carboxylic acids is 1. The van der Waals surface area contributed by atoms with Crippen LogP contribution in [0.15, 0.2) is 34.8 Å². The predicted molar refractivity (Wildman–Crippen MR) is 84.8 cm³/mol. The van der Waals surface area contributed by atoms with E-state index in [0.717, 1.165) is 35.7 Å². The van der Waals surface area contributed by atoms with Gasteiger partial charge in [-0.2, -0.15) is 0 Å². The van der Waals surface area contributed by atoms with Gasteiger partial charge in [0.1, 0.15) is 0 Å². The first kappa shape index (κ1) is 15.8. The minimum absolute atomic E-state index is 0.00906. The number of hydrogen-bond donors (Lipinski definition) is 2. The third-order valence-electron chi connectivity index (χ3n) is 3.74. The van der Waals surface area contributed by atoms with E-state index in [4.69, 9.17) is 5.11 Å². The van der Waals surface area contributed by atoms with Crippen molar-refractivity contribution in [2.45, 2.75) is 37.6 Å². The number of carboxylic acid groups (broad SMARTS) is 1. The monoisotopic (exact) mass is 351 g/mol. The third kappa shape index (κ3) is 4.70. The van der Waals surface area contributed by atoms with Crippen LogP contribution in [0.2, 0.25) is 0 Å². The van der Waals surface area contributed by atoms with Gasteiger partial charge >= 0.3 is 5.97 Å². The second-order valence-corrected chi connectivity index (χ2v) is 6.35. The predicted octanol–water partition coefficient (Wildman–Crippen LogP) is 3.37. The second kappa shape index (κ2) is 6.89. The van der Waals surface area contributed by atoms with Crippen molar-refractivity contribution in [3.05, 3.63) is 40.4 Å². The van der Waals surface area contributed by atoms with Crippen LogP contribution in [0.4, 0.5) is 0 Å². The van der Waals surface area contributed by atoms with Crippen LogP contribution < -0.4 is 5.32 Å². The number of rotatable bonds is 5. The van der Waals surface area contributed by atoms with Gasteiger partial charge in [-0.05, 0) is 36.6 Å². The Balaban J connectivity index is 1.99. The van der Waals surface area contributed by atoms with E-state index in [1.807, 2.05) is 24.3 Å². The lowest BCUT2D eigenvalue weighted by molar-refractivity contribution is -0.139. The van der Waals surface area contributed by atoms with E-state index in [1.165, 1.54) is 6.08 Å². The first-order valence-corrected chi connectivity index (χ1v) is 7.76. The third-order valence-corrected chi connectivity index (χ3v) is 4.26. The van der Waals surface area contributed by atoms with Crippen molar-refractivity contribution in [1.29, 1.82) is 0 Å². The van der Waals surface area contributed by atoms with Crippen molar-refractivity contribution in [3.8, 4) is 0 Å². The van der Waals surface area contributed by atoms with Crippen molar-refractivity contribution in [3.63, 3.8) is 0 Å². The maximum atomic E-state index is 12.0. The van der Waals surface area contributed by atoms with Gasteiger partial charge in [0.2, 0.25) is 5.91 Å². The van der Waals surface area contributed by atoms with Crippen LogP contribution in [0.1, 0.15) is 37.7 Å². The number of carbonyl (C=O) groups is 2. The fourth-order valence-electron chi connectivity index (χ4n) is 2.74. The molecule has 1 aromatic carbocycles. The highest BCUT2D eigenvalue weighted by molar-refractivity contribution is 9.10. The van der Waals surface area contributed by atoms with Crippen molar-refractivity contribution in [2.24, 2.45) is 0 Å². The molecular formula is C16H18BrNO3. The molecule has 4 nitrogen and oxygen atoms in total. The van der Waals surface area contributed by atoms with Crippen LogP contribution in [-0.2, 0) is 9.59 Å². The molecule has 1 aliphatic rings. The van der Waals surface area contributed by atoms with Crippen molar-refractivity contribution in [1.82, 2.24) is 5.32 Å². The lowest BCUT2D eigenvalue weighted by atomic mass is 9.93. The highest BCUT2D eigenvalue weighted by atomic mass is 79.9. The minimum atomic E-state index is -0.867. The molecule has 1 aromatic rings. The van der Waals surface area contributed by atoms with E-state index in [9.17, 15) is 9.59 Å². The molecule has 0 saturated heterocycles. The van der Waals surface area contributed by atoms with Gasteiger partial charge < -0.3 is 10.4 Å². The number of halogens is 1. The molecule has 0 atom stereocenters. The van der Waals surface area contributed by atoms with Crippen LogP contribution in [0.5, 0.6) is 0 Å². The van der Waals surface area contributed by atoms with Gasteiger partial charge in [-0.15, -0.1) is 0 Å². The summed E-state index contributed by atoms with van der Waals surface area (Å²) >= 11 is 3.35. The van der Waals surface area contributed by atoms with Crippen molar-refractivity contribution >= 4 is 33.9 Å². The molecule has 2 N–H and O–H groups in total. The smallest absolute Gasteiger partial charge is 0.305 e. The van der Waals surface area contributed by atoms with E-state index >= 15 is 0 Å². The standard InChI is InChI=1S/C16H18BrNO3/c17-13-6-3-12(4-7-13)5-8-14(19)18-16(11-15(20)21)9-1-2-10-16/h3-8H,1-2,9-11H2,(H,18,19)(H,20,21). The topological polar surface area (TPSA) is 66.4 Å². The first-order valence-electron chi connectivity index (χ1n) is 6.97. The highest BCUT2D eigenvalue weighted by Crippen LogP contribution is 2.32. The van der Waals surface area contributed by atoms with Gasteiger partial charge in [0.25, 0.3) is 0 Å². The summed E-state index contributed by atoms with van der Waals surface area (Å²) < 4.78 is 0.982. The Morgan fingerprint density at radius 3 is 2.43 bits per heavy atom. The van der Waals surface area contributed by atoms with E-state index in [0.29, 0.717) is 0 Å². The normalized spacial score (nSPS) is 17.0. The van der Waals surface area contributed by atoms with Crippen LogP contribution in [0.3, 0.4) is 0 Å². The molecule has 1 fully saturated rings. The molecule has 2 rings (SSSR count). The Morgan fingerprint density at radius 2 is 1.86 bits per heavy atom. The number of benzene rings is 1. The maximum absolute atomic E-state index is 12.0. The average Bonchev–Trinajstić information content (AvgIpc) is 2.85. The van der Waals surface area contributed by atoms with Gasteiger partial charge in [0, 0.05) is 10.5 Å². The number of amides is 1. The lowest BCUT2D eigenvalue weighted by Gasteiger charge is -2.28. The molecule has 0 unspecified atom stereocenters. The van der Waals surface area contributed by atoms with Crippen molar-refractivity contribution in [2.75, 3.05) is 0 Å². The molecule has 1 amide bonds. The first-order chi connectivity index (χ1) is 9.99. The van der Waals surface area contributed by atoms with Crippen LogP contribution in [0.25, 0.3) is 6.08 Å². The van der Waals surface area contributed by atoms with Crippen LogP contribution in [-0.4, -0.2) is 22.5 Å². The molecule has 1 saturated carbocycles. The molecule has 5 heteroatoms.